The second-order valence-electron chi connectivity index (χ2n) is 5.40. The summed E-state index contributed by atoms with van der Waals surface area (Å²) in [6.45, 7) is 9.06. The van der Waals surface area contributed by atoms with Crippen LogP contribution in [0.3, 0.4) is 0 Å². The fraction of sp³-hybridized carbons (Fsp3) is 1.00. The van der Waals surface area contributed by atoms with Crippen molar-refractivity contribution in [1.82, 2.24) is 0 Å². The molecule has 1 nitrogen and oxygen atoms in total. The number of hydrogen-bond donors (Lipinski definition) is 1. The topological polar surface area (TPSA) is 20.2 Å². The first-order valence-corrected chi connectivity index (χ1v) is 7.00. The lowest BCUT2D eigenvalue weighted by Gasteiger charge is -2.24. The maximum atomic E-state index is 10.0. The Hall–Kier alpha value is 0.690. The van der Waals surface area contributed by atoms with Crippen molar-refractivity contribution in [3.8, 4) is 0 Å². The summed E-state index contributed by atoms with van der Waals surface area (Å²) in [5.74, 6) is 2.68. The molecule has 0 aliphatic heterocycles. The van der Waals surface area contributed by atoms with Crippen LogP contribution in [-0.2, 0) is 0 Å². The van der Waals surface area contributed by atoms with Crippen molar-refractivity contribution < 1.29 is 5.11 Å². The Labute approximate surface area is 102 Å². The highest BCUT2D eigenvalue weighted by atomic mass is 127. The van der Waals surface area contributed by atoms with Gasteiger partial charge in [-0.3, -0.25) is 0 Å². The number of hydrogen-bond acceptors (Lipinski definition) is 1. The van der Waals surface area contributed by atoms with Gasteiger partial charge in [-0.25, -0.2) is 0 Å². The molecular weight excluding hydrogens is 287 g/mol. The predicted molar refractivity (Wildman–Crippen MR) is 69.7 cm³/mol. The third kappa shape index (κ3) is 2.84. The number of halogens is 1. The van der Waals surface area contributed by atoms with Crippen LogP contribution < -0.4 is 0 Å². The van der Waals surface area contributed by atoms with E-state index in [0.29, 0.717) is 15.8 Å². The molecule has 0 aromatic heterocycles. The highest BCUT2D eigenvalue weighted by Gasteiger charge is 2.38. The molecule has 0 radical (unpaired) electrons. The first-order chi connectivity index (χ1) is 6.43. The summed E-state index contributed by atoms with van der Waals surface area (Å²) in [6.07, 6.45) is 2.20. The van der Waals surface area contributed by atoms with Crippen LogP contribution >= 0.6 is 22.6 Å². The van der Waals surface area contributed by atoms with Crippen LogP contribution in [0.2, 0.25) is 0 Å². The Morgan fingerprint density at radius 1 is 1.14 bits per heavy atom. The molecular formula is C12H23IO. The number of alkyl halides is 1. The van der Waals surface area contributed by atoms with Gasteiger partial charge >= 0.3 is 0 Å². The maximum absolute atomic E-state index is 10.0. The van der Waals surface area contributed by atoms with E-state index in [4.69, 9.17) is 0 Å². The van der Waals surface area contributed by atoms with Crippen molar-refractivity contribution in [2.45, 2.75) is 50.6 Å². The molecule has 0 aromatic carbocycles. The van der Waals surface area contributed by atoms with Crippen molar-refractivity contribution in [2.75, 3.05) is 0 Å². The molecule has 0 saturated heterocycles. The summed E-state index contributed by atoms with van der Waals surface area (Å²) in [5, 5.41) is 10.0. The van der Waals surface area contributed by atoms with Crippen LogP contribution in [0.1, 0.15) is 40.5 Å². The third-order valence-electron chi connectivity index (χ3n) is 3.60. The van der Waals surface area contributed by atoms with Gasteiger partial charge in [0.2, 0.25) is 0 Å². The quantitative estimate of drug-likeness (QED) is 0.625. The maximum Gasteiger partial charge on any atom is 0.0581 e. The molecule has 14 heavy (non-hydrogen) atoms. The molecule has 4 atom stereocenters. The molecule has 0 bridgehead atoms. The lowest BCUT2D eigenvalue weighted by atomic mass is 9.90. The molecule has 3 unspecified atom stereocenters. The minimum Gasteiger partial charge on any atom is -0.393 e. The Kier molecular flexibility index (Phi) is 4.69. The Bertz CT molecular complexity index is 179. The summed E-state index contributed by atoms with van der Waals surface area (Å²) < 4.78 is 0.631. The second kappa shape index (κ2) is 5.15. The number of aliphatic hydroxyl groups is 1. The van der Waals surface area contributed by atoms with E-state index in [1.165, 1.54) is 6.42 Å². The molecule has 84 valence electrons. The second-order valence-corrected chi connectivity index (χ2v) is 6.83. The van der Waals surface area contributed by atoms with Crippen molar-refractivity contribution in [3.05, 3.63) is 0 Å². The van der Waals surface area contributed by atoms with E-state index in [1.54, 1.807) is 0 Å². The summed E-state index contributed by atoms with van der Waals surface area (Å²) in [6, 6.07) is 0. The van der Waals surface area contributed by atoms with Crippen LogP contribution in [-0.4, -0.2) is 15.1 Å². The van der Waals surface area contributed by atoms with Gasteiger partial charge in [0.15, 0.2) is 0 Å². The van der Waals surface area contributed by atoms with Crippen molar-refractivity contribution in [3.63, 3.8) is 0 Å². The van der Waals surface area contributed by atoms with Gasteiger partial charge in [0.25, 0.3) is 0 Å². The monoisotopic (exact) mass is 310 g/mol. The minimum atomic E-state index is -0.0494. The summed E-state index contributed by atoms with van der Waals surface area (Å²) in [5.41, 5.74) is 0. The lowest BCUT2D eigenvalue weighted by Crippen LogP contribution is -2.26. The van der Waals surface area contributed by atoms with Gasteiger partial charge in [-0.2, -0.15) is 0 Å². The molecule has 1 rings (SSSR count). The normalized spacial score (nSPS) is 35.6. The van der Waals surface area contributed by atoms with E-state index in [1.807, 2.05) is 0 Å². The molecule has 1 aliphatic carbocycles. The number of rotatable bonds is 3. The lowest BCUT2D eigenvalue weighted by molar-refractivity contribution is 0.124. The first-order valence-electron chi connectivity index (χ1n) is 5.75. The van der Waals surface area contributed by atoms with Gasteiger partial charge in [-0.1, -0.05) is 50.3 Å². The van der Waals surface area contributed by atoms with Crippen LogP contribution in [0.4, 0.5) is 0 Å². The molecule has 0 heterocycles. The van der Waals surface area contributed by atoms with Crippen molar-refractivity contribution in [1.29, 1.82) is 0 Å². The molecule has 1 fully saturated rings. The van der Waals surface area contributed by atoms with E-state index in [9.17, 15) is 5.11 Å². The number of aliphatic hydroxyl groups excluding tert-OH is 1. The summed E-state index contributed by atoms with van der Waals surface area (Å²) >= 11 is 2.52. The minimum absolute atomic E-state index is 0.0494. The average molecular weight is 310 g/mol. The first kappa shape index (κ1) is 12.8. The SMILES string of the molecule is CC(C)C1CC(O)C([C@H](I)C(C)C)C1. The zero-order valence-corrected chi connectivity index (χ0v) is 11.9. The average Bonchev–Trinajstić information content (AvgIpc) is 2.46. The highest BCUT2D eigenvalue weighted by molar-refractivity contribution is 14.1. The molecule has 0 aromatic rings. The van der Waals surface area contributed by atoms with E-state index in [-0.39, 0.29) is 6.10 Å². The predicted octanol–water partition coefficient (Wildman–Crippen LogP) is 3.49. The van der Waals surface area contributed by atoms with Crippen molar-refractivity contribution >= 4 is 22.6 Å². The zero-order valence-electron chi connectivity index (χ0n) is 9.70. The summed E-state index contributed by atoms with van der Waals surface area (Å²) in [7, 11) is 0. The Balaban J connectivity index is 2.56. The molecule has 0 amide bonds. The fourth-order valence-corrected chi connectivity index (χ4v) is 3.24. The highest BCUT2D eigenvalue weighted by Crippen LogP contribution is 2.41. The van der Waals surface area contributed by atoms with E-state index in [2.05, 4.69) is 50.3 Å². The van der Waals surface area contributed by atoms with Gasteiger partial charge in [0.1, 0.15) is 0 Å². The van der Waals surface area contributed by atoms with Crippen molar-refractivity contribution in [2.24, 2.45) is 23.7 Å². The van der Waals surface area contributed by atoms with Crippen LogP contribution in [0.15, 0.2) is 0 Å². The van der Waals surface area contributed by atoms with E-state index < -0.39 is 0 Å². The fourth-order valence-electron chi connectivity index (χ4n) is 2.47. The molecule has 0 spiro atoms. The van der Waals surface area contributed by atoms with Gasteiger partial charge < -0.3 is 5.11 Å². The van der Waals surface area contributed by atoms with E-state index >= 15 is 0 Å². The molecule has 1 saturated carbocycles. The van der Waals surface area contributed by atoms with Gasteiger partial charge in [0.05, 0.1) is 6.10 Å². The van der Waals surface area contributed by atoms with Crippen LogP contribution in [0, 0.1) is 23.7 Å². The Morgan fingerprint density at radius 3 is 2.07 bits per heavy atom. The Morgan fingerprint density at radius 2 is 1.71 bits per heavy atom. The molecule has 2 heteroatoms. The standard InChI is InChI=1S/C12H23IO/c1-7(2)9-5-10(11(14)6-9)12(13)8(3)4/h7-12,14H,5-6H2,1-4H3/t9?,10?,11?,12-/m1/s1. The summed E-state index contributed by atoms with van der Waals surface area (Å²) in [4.78, 5) is 0. The zero-order chi connectivity index (χ0) is 10.9. The smallest absolute Gasteiger partial charge is 0.0581 e. The van der Waals surface area contributed by atoms with Crippen LogP contribution in [0.5, 0.6) is 0 Å². The van der Waals surface area contributed by atoms with Gasteiger partial charge in [-0.15, -0.1) is 0 Å². The van der Waals surface area contributed by atoms with Gasteiger partial charge in [-0.05, 0) is 36.5 Å². The molecule has 1 aliphatic rings. The third-order valence-corrected chi connectivity index (χ3v) is 5.96. The van der Waals surface area contributed by atoms with Crippen LogP contribution in [0.25, 0.3) is 0 Å². The molecule has 1 N–H and O–H groups in total. The largest absolute Gasteiger partial charge is 0.393 e. The van der Waals surface area contributed by atoms with E-state index in [0.717, 1.165) is 18.3 Å². The van der Waals surface area contributed by atoms with Gasteiger partial charge in [0, 0.05) is 3.92 Å².